The molecule has 3 aromatic carbocycles. The first-order chi connectivity index (χ1) is 16.8. The van der Waals surface area contributed by atoms with Crippen LogP contribution in [0.1, 0.15) is 43.6 Å². The van der Waals surface area contributed by atoms with Crippen molar-refractivity contribution in [3.05, 3.63) is 88.9 Å². The van der Waals surface area contributed by atoms with Gasteiger partial charge in [-0.15, -0.1) is 11.8 Å². The second kappa shape index (κ2) is 11.4. The van der Waals surface area contributed by atoms with Gasteiger partial charge in [-0.1, -0.05) is 68.8 Å². The molecule has 1 atom stereocenters. The Bertz CT molecular complexity index is 1230. The van der Waals surface area contributed by atoms with Crippen LogP contribution in [0, 0.1) is 5.41 Å². The van der Waals surface area contributed by atoms with E-state index in [9.17, 15) is 22.8 Å². The first-order valence-electron chi connectivity index (χ1n) is 11.1. The van der Waals surface area contributed by atoms with Gasteiger partial charge in [0.2, 0.25) is 11.8 Å². The van der Waals surface area contributed by atoms with Crippen molar-refractivity contribution >= 4 is 46.6 Å². The molecular formula is C27H26ClF3N2O2S. The molecular weight excluding hydrogens is 509 g/mol. The molecule has 36 heavy (non-hydrogen) atoms. The lowest BCUT2D eigenvalue weighted by Gasteiger charge is -2.19. The molecule has 0 aromatic heterocycles. The predicted octanol–water partition coefficient (Wildman–Crippen LogP) is 8.21. The van der Waals surface area contributed by atoms with Gasteiger partial charge in [0.1, 0.15) is 5.25 Å². The molecule has 2 N–H and O–H groups in total. The van der Waals surface area contributed by atoms with Crippen LogP contribution in [0.15, 0.2) is 77.7 Å². The van der Waals surface area contributed by atoms with E-state index in [1.54, 1.807) is 54.6 Å². The van der Waals surface area contributed by atoms with Crippen molar-refractivity contribution in [2.45, 2.75) is 43.5 Å². The van der Waals surface area contributed by atoms with Gasteiger partial charge < -0.3 is 10.6 Å². The largest absolute Gasteiger partial charge is 0.416 e. The fourth-order valence-electron chi connectivity index (χ4n) is 3.37. The third kappa shape index (κ3) is 8.03. The zero-order valence-corrected chi connectivity index (χ0v) is 21.5. The number of anilines is 2. The summed E-state index contributed by atoms with van der Waals surface area (Å²) in [5, 5.41) is 4.63. The van der Waals surface area contributed by atoms with Crippen LogP contribution < -0.4 is 10.6 Å². The van der Waals surface area contributed by atoms with Gasteiger partial charge in [-0.25, -0.2) is 0 Å². The number of carbonyl (C=O) groups is 2. The molecule has 3 aromatic rings. The summed E-state index contributed by atoms with van der Waals surface area (Å²) in [7, 11) is 0. The number of halogens is 4. The molecule has 190 valence electrons. The Morgan fingerprint density at radius 2 is 1.61 bits per heavy atom. The van der Waals surface area contributed by atoms with Crippen molar-refractivity contribution in [3.63, 3.8) is 0 Å². The lowest BCUT2D eigenvalue weighted by molar-refractivity contribution is -0.137. The van der Waals surface area contributed by atoms with Crippen molar-refractivity contribution in [2.24, 2.45) is 5.41 Å². The quantitative estimate of drug-likeness (QED) is 0.300. The second-order valence-electron chi connectivity index (χ2n) is 9.40. The molecule has 0 saturated carbocycles. The summed E-state index contributed by atoms with van der Waals surface area (Å²) in [5.74, 6) is -0.657. The molecule has 0 spiro atoms. The second-order valence-corrected chi connectivity index (χ2v) is 11.0. The van der Waals surface area contributed by atoms with Crippen LogP contribution in [-0.4, -0.2) is 11.8 Å². The number of amides is 2. The topological polar surface area (TPSA) is 58.2 Å². The number of rotatable bonds is 7. The number of thioether (sulfide) groups is 1. The average Bonchev–Trinajstić information content (AvgIpc) is 2.77. The fourth-order valence-corrected chi connectivity index (χ4v) is 4.61. The van der Waals surface area contributed by atoms with E-state index >= 15 is 0 Å². The summed E-state index contributed by atoms with van der Waals surface area (Å²) >= 11 is 7.30. The Kier molecular flexibility index (Phi) is 8.74. The van der Waals surface area contributed by atoms with Crippen molar-refractivity contribution < 1.29 is 22.8 Å². The fraction of sp³-hybridized carbons (Fsp3) is 0.259. The van der Waals surface area contributed by atoms with E-state index in [0.717, 1.165) is 18.2 Å². The van der Waals surface area contributed by atoms with Crippen LogP contribution in [0.2, 0.25) is 5.02 Å². The van der Waals surface area contributed by atoms with Gasteiger partial charge >= 0.3 is 6.18 Å². The van der Waals surface area contributed by atoms with E-state index in [-0.39, 0.29) is 22.0 Å². The van der Waals surface area contributed by atoms with Crippen molar-refractivity contribution in [1.82, 2.24) is 0 Å². The van der Waals surface area contributed by atoms with Crippen LogP contribution in [0.5, 0.6) is 0 Å². The Balaban J connectivity index is 1.85. The molecule has 0 bridgehead atoms. The van der Waals surface area contributed by atoms with Gasteiger partial charge in [0.25, 0.3) is 0 Å². The van der Waals surface area contributed by atoms with Gasteiger partial charge in [0.05, 0.1) is 16.3 Å². The normalized spacial score (nSPS) is 12.6. The number of hydrogen-bond acceptors (Lipinski definition) is 3. The molecule has 0 aliphatic heterocycles. The summed E-state index contributed by atoms with van der Waals surface area (Å²) in [6.45, 7) is 5.91. The molecule has 0 radical (unpaired) electrons. The summed E-state index contributed by atoms with van der Waals surface area (Å²) < 4.78 is 39.5. The highest BCUT2D eigenvalue weighted by Crippen LogP contribution is 2.39. The van der Waals surface area contributed by atoms with E-state index in [4.69, 9.17) is 11.6 Å². The smallest absolute Gasteiger partial charge is 0.326 e. The van der Waals surface area contributed by atoms with Crippen molar-refractivity contribution in [2.75, 3.05) is 10.6 Å². The lowest BCUT2D eigenvalue weighted by Crippen LogP contribution is -2.20. The average molecular weight is 535 g/mol. The van der Waals surface area contributed by atoms with Gasteiger partial charge in [0, 0.05) is 17.0 Å². The molecule has 0 aliphatic carbocycles. The molecule has 1 unspecified atom stereocenters. The van der Waals surface area contributed by atoms with Crippen LogP contribution in [0.25, 0.3) is 0 Å². The molecule has 0 saturated heterocycles. The third-order valence-electron chi connectivity index (χ3n) is 4.95. The molecule has 3 rings (SSSR count). The van der Waals surface area contributed by atoms with Crippen LogP contribution in [0.4, 0.5) is 24.5 Å². The molecule has 9 heteroatoms. The van der Waals surface area contributed by atoms with Crippen molar-refractivity contribution in [1.29, 1.82) is 0 Å². The number of alkyl halides is 3. The van der Waals surface area contributed by atoms with E-state index in [2.05, 4.69) is 10.6 Å². The lowest BCUT2D eigenvalue weighted by atomic mass is 9.92. The minimum Gasteiger partial charge on any atom is -0.326 e. The number of hydrogen-bond donors (Lipinski definition) is 2. The van der Waals surface area contributed by atoms with Gasteiger partial charge in [0.15, 0.2) is 0 Å². The molecule has 0 fully saturated rings. The summed E-state index contributed by atoms with van der Waals surface area (Å²) in [6.07, 6.45) is -4.23. The minimum atomic E-state index is -4.57. The Morgan fingerprint density at radius 3 is 2.25 bits per heavy atom. The molecule has 0 heterocycles. The Morgan fingerprint density at radius 1 is 0.917 bits per heavy atom. The highest BCUT2D eigenvalue weighted by molar-refractivity contribution is 8.00. The highest BCUT2D eigenvalue weighted by Gasteiger charge is 2.31. The van der Waals surface area contributed by atoms with Crippen LogP contribution >= 0.6 is 23.4 Å². The third-order valence-corrected chi connectivity index (χ3v) is 6.53. The van der Waals surface area contributed by atoms with E-state index in [0.29, 0.717) is 22.6 Å². The number of benzene rings is 3. The number of carbonyl (C=O) groups excluding carboxylic acids is 2. The minimum absolute atomic E-state index is 0.00304. The summed E-state index contributed by atoms with van der Waals surface area (Å²) in [5.41, 5.74) is 0.0381. The predicted molar refractivity (Wildman–Crippen MR) is 139 cm³/mol. The van der Waals surface area contributed by atoms with Crippen LogP contribution in [0.3, 0.4) is 0 Å². The maximum atomic E-state index is 13.3. The molecule has 4 nitrogen and oxygen atoms in total. The summed E-state index contributed by atoms with van der Waals surface area (Å²) in [6, 6.07) is 18.7. The van der Waals surface area contributed by atoms with E-state index in [1.165, 1.54) is 11.8 Å². The van der Waals surface area contributed by atoms with Crippen molar-refractivity contribution in [3.8, 4) is 0 Å². The Labute approximate surface area is 217 Å². The molecule has 0 aliphatic rings. The zero-order chi connectivity index (χ0) is 26.5. The Hall–Kier alpha value is -2.97. The maximum Gasteiger partial charge on any atom is 0.416 e. The zero-order valence-electron chi connectivity index (χ0n) is 19.9. The van der Waals surface area contributed by atoms with Gasteiger partial charge in [-0.3, -0.25) is 9.59 Å². The van der Waals surface area contributed by atoms with Gasteiger partial charge in [-0.2, -0.15) is 13.2 Å². The molecule has 2 amide bonds. The van der Waals surface area contributed by atoms with Gasteiger partial charge in [-0.05, 0) is 47.4 Å². The number of nitrogens with one attached hydrogen (secondary N) is 2. The SMILES string of the molecule is CC(C)(C)CC(=O)Nc1cccc(SC(C(=O)Nc2cc(C(F)(F)F)ccc2Cl)c2ccccc2)c1. The maximum absolute atomic E-state index is 13.3. The van der Waals surface area contributed by atoms with E-state index < -0.39 is 22.9 Å². The first kappa shape index (κ1) is 27.6. The standard InChI is InChI=1S/C27H26ClF3N2O2S/c1-26(2,3)16-23(34)32-19-10-7-11-20(15-19)36-24(17-8-5-4-6-9-17)25(35)33-22-14-18(27(29,30)31)12-13-21(22)28/h4-15,24H,16H2,1-3H3,(H,32,34)(H,33,35). The van der Waals surface area contributed by atoms with E-state index in [1.807, 2.05) is 20.8 Å². The van der Waals surface area contributed by atoms with Crippen LogP contribution in [-0.2, 0) is 15.8 Å². The summed E-state index contributed by atoms with van der Waals surface area (Å²) in [4.78, 5) is 26.4. The first-order valence-corrected chi connectivity index (χ1v) is 12.4. The monoisotopic (exact) mass is 534 g/mol. The highest BCUT2D eigenvalue weighted by atomic mass is 35.5.